The SMILES string of the molecule is C[C@@H]1CCCC[C@@H]1NC(=O)CSc1n[nH]c2nc3ccccc3n12. The van der Waals surface area contributed by atoms with Gasteiger partial charge < -0.3 is 5.32 Å². The Morgan fingerprint density at radius 2 is 2.21 bits per heavy atom. The zero-order valence-corrected chi connectivity index (χ0v) is 14.5. The number of aromatic amines is 1. The van der Waals surface area contributed by atoms with E-state index >= 15 is 0 Å². The maximum absolute atomic E-state index is 12.3. The lowest BCUT2D eigenvalue weighted by molar-refractivity contribution is -0.119. The molecule has 0 unspecified atom stereocenters. The number of carbonyl (C=O) groups excluding carboxylic acids is 1. The fourth-order valence-corrected chi connectivity index (χ4v) is 4.22. The Kier molecular flexibility index (Phi) is 4.18. The summed E-state index contributed by atoms with van der Waals surface area (Å²) >= 11 is 1.44. The number of aromatic nitrogens is 4. The number of benzene rings is 1. The number of nitrogens with one attached hydrogen (secondary N) is 2. The topological polar surface area (TPSA) is 75.1 Å². The van der Waals surface area contributed by atoms with Crippen LogP contribution in [0.15, 0.2) is 29.4 Å². The molecule has 2 aromatic heterocycles. The Bertz CT molecular complexity index is 870. The number of para-hydroxylation sites is 2. The van der Waals surface area contributed by atoms with Gasteiger partial charge in [0.05, 0.1) is 16.8 Å². The summed E-state index contributed by atoms with van der Waals surface area (Å²) in [6.07, 6.45) is 4.79. The molecule has 2 N–H and O–H groups in total. The van der Waals surface area contributed by atoms with Crippen LogP contribution in [0.25, 0.3) is 16.8 Å². The number of imidazole rings is 1. The Morgan fingerprint density at radius 1 is 1.38 bits per heavy atom. The molecule has 0 spiro atoms. The zero-order valence-electron chi connectivity index (χ0n) is 13.7. The molecule has 126 valence electrons. The van der Waals surface area contributed by atoms with Gasteiger partial charge in [-0.2, -0.15) is 0 Å². The van der Waals surface area contributed by atoms with Crippen molar-refractivity contribution in [3.8, 4) is 0 Å². The van der Waals surface area contributed by atoms with Gasteiger partial charge >= 0.3 is 0 Å². The van der Waals surface area contributed by atoms with Gasteiger partial charge in [0.15, 0.2) is 5.16 Å². The highest BCUT2D eigenvalue weighted by Gasteiger charge is 2.23. The summed E-state index contributed by atoms with van der Waals surface area (Å²) < 4.78 is 1.97. The first kappa shape index (κ1) is 15.5. The second-order valence-electron chi connectivity index (χ2n) is 6.49. The van der Waals surface area contributed by atoms with Gasteiger partial charge in [-0.3, -0.25) is 9.20 Å². The van der Waals surface area contributed by atoms with Crippen molar-refractivity contribution in [2.24, 2.45) is 5.92 Å². The summed E-state index contributed by atoms with van der Waals surface area (Å²) in [5, 5.41) is 11.2. The molecular formula is C17H21N5OS. The Hall–Kier alpha value is -2.02. The summed E-state index contributed by atoms with van der Waals surface area (Å²) in [6, 6.07) is 8.25. The predicted octanol–water partition coefficient (Wildman–Crippen LogP) is 3.00. The van der Waals surface area contributed by atoms with Gasteiger partial charge in [0.25, 0.3) is 0 Å². The summed E-state index contributed by atoms with van der Waals surface area (Å²) in [5.41, 5.74) is 1.93. The van der Waals surface area contributed by atoms with Gasteiger partial charge in [0, 0.05) is 6.04 Å². The monoisotopic (exact) mass is 343 g/mol. The third kappa shape index (κ3) is 2.88. The van der Waals surface area contributed by atoms with E-state index < -0.39 is 0 Å². The Morgan fingerprint density at radius 3 is 3.08 bits per heavy atom. The zero-order chi connectivity index (χ0) is 16.5. The van der Waals surface area contributed by atoms with Gasteiger partial charge in [0.1, 0.15) is 0 Å². The molecule has 6 nitrogen and oxygen atoms in total. The molecule has 24 heavy (non-hydrogen) atoms. The normalized spacial score (nSPS) is 21.4. The highest BCUT2D eigenvalue weighted by Crippen LogP contribution is 2.25. The molecule has 1 fully saturated rings. The number of carbonyl (C=O) groups is 1. The molecule has 3 aromatic rings. The third-order valence-corrected chi connectivity index (χ3v) is 5.73. The highest BCUT2D eigenvalue weighted by atomic mass is 32.2. The van der Waals surface area contributed by atoms with Gasteiger partial charge in [-0.25, -0.2) is 10.1 Å². The maximum Gasteiger partial charge on any atom is 0.231 e. The summed E-state index contributed by atoms with van der Waals surface area (Å²) in [6.45, 7) is 2.23. The smallest absolute Gasteiger partial charge is 0.231 e. The van der Waals surface area contributed by atoms with Crippen molar-refractivity contribution < 1.29 is 4.79 Å². The minimum atomic E-state index is 0.0827. The number of H-pyrrole nitrogens is 1. The second kappa shape index (κ2) is 6.47. The van der Waals surface area contributed by atoms with Crippen LogP contribution in [0, 0.1) is 5.92 Å². The van der Waals surface area contributed by atoms with Crippen molar-refractivity contribution in [3.05, 3.63) is 24.3 Å². The summed E-state index contributed by atoms with van der Waals surface area (Å²) in [4.78, 5) is 16.8. The standard InChI is InChI=1S/C17H21N5OS/c1-11-6-2-3-7-12(11)18-15(23)10-24-17-21-20-16-19-13-8-4-5-9-14(13)22(16)17/h4-5,8-9,11-12H,2-3,6-7,10H2,1H3,(H,18,23)(H,19,20)/t11-,12+/m1/s1. The first-order valence-corrected chi connectivity index (χ1v) is 9.44. The molecule has 1 aliphatic carbocycles. The van der Waals surface area contributed by atoms with E-state index in [0.717, 1.165) is 22.6 Å². The second-order valence-corrected chi connectivity index (χ2v) is 7.43. The maximum atomic E-state index is 12.3. The van der Waals surface area contributed by atoms with Crippen LogP contribution in [0.4, 0.5) is 0 Å². The quantitative estimate of drug-likeness (QED) is 0.714. The van der Waals surface area contributed by atoms with E-state index in [1.807, 2.05) is 28.7 Å². The largest absolute Gasteiger partial charge is 0.352 e. The van der Waals surface area contributed by atoms with Crippen LogP contribution in [0.2, 0.25) is 0 Å². The number of hydrogen-bond acceptors (Lipinski definition) is 4. The molecule has 1 amide bonds. The van der Waals surface area contributed by atoms with Crippen molar-refractivity contribution in [1.82, 2.24) is 24.9 Å². The van der Waals surface area contributed by atoms with E-state index in [2.05, 4.69) is 27.4 Å². The van der Waals surface area contributed by atoms with Crippen LogP contribution in [0.5, 0.6) is 0 Å². The average molecular weight is 343 g/mol. The Labute approximate surface area is 144 Å². The molecule has 0 radical (unpaired) electrons. The van der Waals surface area contributed by atoms with E-state index in [4.69, 9.17) is 0 Å². The van der Waals surface area contributed by atoms with Crippen molar-refractivity contribution in [2.75, 3.05) is 5.75 Å². The number of fused-ring (bicyclic) bond motifs is 3. The van der Waals surface area contributed by atoms with Crippen LogP contribution in [-0.2, 0) is 4.79 Å². The summed E-state index contributed by atoms with van der Waals surface area (Å²) in [7, 11) is 0. The van der Waals surface area contributed by atoms with Crippen LogP contribution >= 0.6 is 11.8 Å². The van der Waals surface area contributed by atoms with E-state index in [0.29, 0.717) is 23.5 Å². The minimum Gasteiger partial charge on any atom is -0.352 e. The highest BCUT2D eigenvalue weighted by molar-refractivity contribution is 7.99. The van der Waals surface area contributed by atoms with Crippen LogP contribution < -0.4 is 5.32 Å². The lowest BCUT2D eigenvalue weighted by Crippen LogP contribution is -2.41. The molecular weight excluding hydrogens is 322 g/mol. The van der Waals surface area contributed by atoms with Gasteiger partial charge in [-0.15, -0.1) is 5.10 Å². The number of nitrogens with zero attached hydrogens (tertiary/aromatic N) is 3. The molecule has 4 rings (SSSR count). The van der Waals surface area contributed by atoms with Crippen molar-refractivity contribution in [3.63, 3.8) is 0 Å². The van der Waals surface area contributed by atoms with E-state index in [-0.39, 0.29) is 5.91 Å². The van der Waals surface area contributed by atoms with Gasteiger partial charge in [0.2, 0.25) is 11.7 Å². The lowest BCUT2D eigenvalue weighted by atomic mass is 9.86. The van der Waals surface area contributed by atoms with Crippen LogP contribution in [0.3, 0.4) is 0 Å². The van der Waals surface area contributed by atoms with Crippen LogP contribution in [-0.4, -0.2) is 37.3 Å². The van der Waals surface area contributed by atoms with Gasteiger partial charge in [-0.1, -0.05) is 43.7 Å². The molecule has 0 bridgehead atoms. The average Bonchev–Trinajstić information content (AvgIpc) is 3.14. The van der Waals surface area contributed by atoms with Crippen LogP contribution in [0.1, 0.15) is 32.6 Å². The fourth-order valence-electron chi connectivity index (χ4n) is 3.45. The number of thioether (sulfide) groups is 1. The molecule has 1 saturated carbocycles. The summed E-state index contributed by atoms with van der Waals surface area (Å²) in [5.74, 6) is 1.73. The van der Waals surface area contributed by atoms with Crippen molar-refractivity contribution in [2.45, 2.75) is 43.8 Å². The minimum absolute atomic E-state index is 0.0827. The number of hydrogen-bond donors (Lipinski definition) is 2. The molecule has 1 aromatic carbocycles. The fraction of sp³-hybridized carbons (Fsp3) is 0.471. The molecule has 2 atom stereocenters. The molecule has 0 aliphatic heterocycles. The number of amides is 1. The first-order valence-electron chi connectivity index (χ1n) is 8.46. The van der Waals surface area contributed by atoms with Gasteiger partial charge in [-0.05, 0) is 30.9 Å². The number of rotatable bonds is 4. The van der Waals surface area contributed by atoms with Crippen molar-refractivity contribution >= 4 is 34.5 Å². The van der Waals surface area contributed by atoms with E-state index in [9.17, 15) is 4.79 Å². The molecule has 0 saturated heterocycles. The first-order chi connectivity index (χ1) is 11.7. The third-order valence-electron chi connectivity index (χ3n) is 4.79. The van der Waals surface area contributed by atoms with E-state index in [1.165, 1.54) is 31.0 Å². The van der Waals surface area contributed by atoms with Crippen molar-refractivity contribution in [1.29, 1.82) is 0 Å². The molecule has 2 heterocycles. The molecule has 1 aliphatic rings. The lowest BCUT2D eigenvalue weighted by Gasteiger charge is -2.29. The van der Waals surface area contributed by atoms with E-state index in [1.54, 1.807) is 0 Å². The molecule has 7 heteroatoms. The predicted molar refractivity (Wildman–Crippen MR) is 95.1 cm³/mol. The Balaban J connectivity index is 1.45.